The number of hydrogen-bond donors (Lipinski definition) is 0. The van der Waals surface area contributed by atoms with Crippen molar-refractivity contribution in [1.82, 2.24) is 9.80 Å². The molecule has 2 aliphatic rings. The van der Waals surface area contributed by atoms with Crippen LogP contribution in [0.4, 0.5) is 0 Å². The van der Waals surface area contributed by atoms with Crippen LogP contribution >= 0.6 is 0 Å². The molecule has 2 heterocycles. The number of hydrogen-bond acceptors (Lipinski definition) is 2. The lowest BCUT2D eigenvalue weighted by Gasteiger charge is -2.33. The normalized spacial score (nSPS) is 34.3. The van der Waals surface area contributed by atoms with Crippen molar-refractivity contribution in [2.24, 2.45) is 11.8 Å². The van der Waals surface area contributed by atoms with Gasteiger partial charge in [-0.25, -0.2) is 0 Å². The molecular weight excluding hydrogens is 172 g/mol. The van der Waals surface area contributed by atoms with Crippen LogP contribution in [0, 0.1) is 11.8 Å². The van der Waals surface area contributed by atoms with E-state index in [4.69, 9.17) is 0 Å². The van der Waals surface area contributed by atoms with Crippen molar-refractivity contribution in [2.45, 2.75) is 33.2 Å². The zero-order valence-corrected chi connectivity index (χ0v) is 9.87. The second-order valence-electron chi connectivity index (χ2n) is 5.46. The first-order valence-electron chi connectivity index (χ1n) is 6.15. The second kappa shape index (κ2) is 4.19. The minimum absolute atomic E-state index is 0.822. The van der Waals surface area contributed by atoms with Crippen LogP contribution in [-0.2, 0) is 0 Å². The van der Waals surface area contributed by atoms with Crippen LogP contribution in [0.5, 0.6) is 0 Å². The van der Waals surface area contributed by atoms with Gasteiger partial charge in [0.15, 0.2) is 0 Å². The maximum Gasteiger partial charge on any atom is 0.0226 e. The van der Waals surface area contributed by atoms with Gasteiger partial charge in [-0.15, -0.1) is 0 Å². The van der Waals surface area contributed by atoms with Gasteiger partial charge in [-0.2, -0.15) is 0 Å². The van der Waals surface area contributed by atoms with Gasteiger partial charge in [0.05, 0.1) is 0 Å². The molecule has 2 unspecified atom stereocenters. The van der Waals surface area contributed by atoms with E-state index in [2.05, 4.69) is 30.6 Å². The molecule has 0 amide bonds. The fourth-order valence-corrected chi connectivity index (χ4v) is 3.20. The zero-order valence-electron chi connectivity index (χ0n) is 9.87. The molecular formula is C12H24N2. The Balaban J connectivity index is 1.90. The van der Waals surface area contributed by atoms with Gasteiger partial charge >= 0.3 is 0 Å². The van der Waals surface area contributed by atoms with E-state index in [1.807, 2.05) is 0 Å². The van der Waals surface area contributed by atoms with E-state index in [0.717, 1.165) is 17.9 Å². The first-order valence-corrected chi connectivity index (χ1v) is 6.15. The average molecular weight is 196 g/mol. The van der Waals surface area contributed by atoms with Crippen LogP contribution in [0.25, 0.3) is 0 Å². The van der Waals surface area contributed by atoms with Gasteiger partial charge in [0.25, 0.3) is 0 Å². The predicted molar refractivity (Wildman–Crippen MR) is 60.4 cm³/mol. The number of fused-ring (bicyclic) bond motifs is 2. The quantitative estimate of drug-likeness (QED) is 0.677. The summed E-state index contributed by atoms with van der Waals surface area (Å²) in [5.74, 6) is 1.79. The minimum atomic E-state index is 0.822. The van der Waals surface area contributed by atoms with Crippen LogP contribution in [0.2, 0.25) is 0 Å². The summed E-state index contributed by atoms with van der Waals surface area (Å²) in [7, 11) is 0. The lowest BCUT2D eigenvalue weighted by atomic mass is 9.99. The van der Waals surface area contributed by atoms with Crippen molar-refractivity contribution >= 4 is 0 Å². The summed E-state index contributed by atoms with van der Waals surface area (Å²) in [5.41, 5.74) is 0. The molecule has 0 N–H and O–H groups in total. The Hall–Kier alpha value is -0.0800. The van der Waals surface area contributed by atoms with E-state index < -0.39 is 0 Å². The molecule has 0 spiro atoms. The van der Waals surface area contributed by atoms with Crippen LogP contribution < -0.4 is 0 Å². The lowest BCUT2D eigenvalue weighted by molar-refractivity contribution is 0.151. The molecule has 2 atom stereocenters. The summed E-state index contributed by atoms with van der Waals surface area (Å²) in [6.07, 6.45) is 1.46. The van der Waals surface area contributed by atoms with Gasteiger partial charge in [0.2, 0.25) is 0 Å². The number of nitrogens with zero attached hydrogens (tertiary/aromatic N) is 2. The van der Waals surface area contributed by atoms with E-state index in [9.17, 15) is 0 Å². The van der Waals surface area contributed by atoms with E-state index in [-0.39, 0.29) is 0 Å². The van der Waals surface area contributed by atoms with Gasteiger partial charge in [0.1, 0.15) is 0 Å². The van der Waals surface area contributed by atoms with Crippen molar-refractivity contribution in [3.05, 3.63) is 0 Å². The number of rotatable bonds is 3. The summed E-state index contributed by atoms with van der Waals surface area (Å²) in [6.45, 7) is 13.5. The Morgan fingerprint density at radius 3 is 2.64 bits per heavy atom. The Kier molecular flexibility index (Phi) is 3.13. The molecule has 0 aliphatic carbocycles. The molecule has 2 heteroatoms. The molecule has 0 radical (unpaired) electrons. The molecule has 0 aromatic rings. The number of likely N-dealkylation sites (N-methyl/N-ethyl adjacent to an activating group) is 1. The highest BCUT2D eigenvalue weighted by Gasteiger charge is 2.37. The van der Waals surface area contributed by atoms with E-state index in [0.29, 0.717) is 0 Å². The second-order valence-corrected chi connectivity index (χ2v) is 5.46. The first kappa shape index (κ1) is 10.4. The number of piperidine rings is 1. The maximum absolute atomic E-state index is 2.68. The monoisotopic (exact) mass is 196 g/mol. The van der Waals surface area contributed by atoms with Crippen molar-refractivity contribution in [2.75, 3.05) is 32.7 Å². The molecule has 2 nitrogen and oxygen atoms in total. The zero-order chi connectivity index (χ0) is 10.1. The largest absolute Gasteiger partial charge is 0.301 e. The summed E-state index contributed by atoms with van der Waals surface area (Å²) < 4.78 is 0. The third-order valence-electron chi connectivity index (χ3n) is 3.63. The highest BCUT2D eigenvalue weighted by molar-refractivity contribution is 4.92. The molecule has 14 heavy (non-hydrogen) atoms. The Labute approximate surface area is 88.3 Å². The molecule has 0 saturated carbocycles. The Morgan fingerprint density at radius 1 is 1.21 bits per heavy atom. The third-order valence-corrected chi connectivity index (χ3v) is 3.63. The highest BCUT2D eigenvalue weighted by Crippen LogP contribution is 2.29. The van der Waals surface area contributed by atoms with Crippen LogP contribution in [0.3, 0.4) is 0 Å². The fourth-order valence-electron chi connectivity index (χ4n) is 3.20. The Bertz CT molecular complexity index is 191. The summed E-state index contributed by atoms with van der Waals surface area (Å²) >= 11 is 0. The van der Waals surface area contributed by atoms with E-state index >= 15 is 0 Å². The van der Waals surface area contributed by atoms with Gasteiger partial charge in [0, 0.05) is 32.2 Å². The molecule has 0 aromatic heterocycles. The van der Waals surface area contributed by atoms with Gasteiger partial charge < -0.3 is 4.90 Å². The predicted octanol–water partition coefficient (Wildman–Crippen LogP) is 1.67. The van der Waals surface area contributed by atoms with Gasteiger partial charge in [-0.1, -0.05) is 20.8 Å². The number of likely N-dealkylation sites (tertiary alicyclic amines) is 2. The minimum Gasteiger partial charge on any atom is -0.301 e. The molecule has 2 bridgehead atoms. The van der Waals surface area contributed by atoms with Crippen molar-refractivity contribution in [3.63, 3.8) is 0 Å². The topological polar surface area (TPSA) is 6.48 Å². The van der Waals surface area contributed by atoms with Crippen LogP contribution in [0.15, 0.2) is 0 Å². The smallest absolute Gasteiger partial charge is 0.0226 e. The van der Waals surface area contributed by atoms with Gasteiger partial charge in [-0.3, -0.25) is 4.90 Å². The van der Waals surface area contributed by atoms with E-state index in [1.54, 1.807) is 0 Å². The molecule has 2 rings (SSSR count). The first-order chi connectivity index (χ1) is 6.69. The third kappa shape index (κ3) is 2.12. The molecule has 2 saturated heterocycles. The van der Waals surface area contributed by atoms with E-state index in [1.165, 1.54) is 39.1 Å². The average Bonchev–Trinajstić information content (AvgIpc) is 2.40. The lowest BCUT2D eigenvalue weighted by Crippen LogP contribution is -2.43. The molecule has 0 aromatic carbocycles. The fraction of sp³-hybridized carbons (Fsp3) is 1.00. The maximum atomic E-state index is 2.68. The standard InChI is InChI=1S/C12H24N2/c1-4-14-8-11-5-12(14)9-13(7-11)6-10(2)3/h10-12H,4-9H2,1-3H3. The SMILES string of the molecule is CCN1CC2CC1CN(CC(C)C)C2. The van der Waals surface area contributed by atoms with Crippen LogP contribution in [0.1, 0.15) is 27.2 Å². The molecule has 2 fully saturated rings. The van der Waals surface area contributed by atoms with Gasteiger partial charge in [-0.05, 0) is 24.8 Å². The summed E-state index contributed by atoms with van der Waals surface area (Å²) in [6, 6.07) is 0.873. The van der Waals surface area contributed by atoms with Crippen LogP contribution in [-0.4, -0.2) is 48.6 Å². The highest BCUT2D eigenvalue weighted by atomic mass is 15.3. The van der Waals surface area contributed by atoms with Crippen molar-refractivity contribution in [1.29, 1.82) is 0 Å². The molecule has 82 valence electrons. The van der Waals surface area contributed by atoms with Crippen molar-refractivity contribution in [3.8, 4) is 0 Å². The molecule has 2 aliphatic heterocycles. The summed E-state index contributed by atoms with van der Waals surface area (Å²) in [5, 5.41) is 0. The Morgan fingerprint density at radius 2 is 2.00 bits per heavy atom. The van der Waals surface area contributed by atoms with Crippen molar-refractivity contribution < 1.29 is 0 Å². The summed E-state index contributed by atoms with van der Waals surface area (Å²) in [4.78, 5) is 5.35.